The SMILES string of the molecule is Cc1c(C(=O)O)c(C)n2[nH]cc(C#N)c(=O)c12. The van der Waals surface area contributed by atoms with Crippen molar-refractivity contribution in [3.63, 3.8) is 0 Å². The molecular weight excluding hydrogens is 222 g/mol. The van der Waals surface area contributed by atoms with Gasteiger partial charge in [-0.05, 0) is 19.4 Å². The summed E-state index contributed by atoms with van der Waals surface area (Å²) in [5.41, 5.74) is 0.613. The average molecular weight is 231 g/mol. The number of carbonyl (C=O) groups is 1. The topological polar surface area (TPSA) is 98.4 Å². The van der Waals surface area contributed by atoms with Crippen molar-refractivity contribution in [1.82, 2.24) is 9.61 Å². The first-order valence-electron chi connectivity index (χ1n) is 4.85. The molecule has 0 bridgehead atoms. The highest BCUT2D eigenvalue weighted by Crippen LogP contribution is 2.19. The van der Waals surface area contributed by atoms with Gasteiger partial charge >= 0.3 is 5.97 Å². The monoisotopic (exact) mass is 231 g/mol. The number of aromatic amines is 1. The third kappa shape index (κ3) is 1.33. The summed E-state index contributed by atoms with van der Waals surface area (Å²) in [6, 6.07) is 1.77. The smallest absolute Gasteiger partial charge is 0.337 e. The third-order valence-corrected chi connectivity index (χ3v) is 2.78. The van der Waals surface area contributed by atoms with Crippen molar-refractivity contribution in [3.05, 3.63) is 38.8 Å². The number of aromatic carboxylic acids is 1. The van der Waals surface area contributed by atoms with E-state index in [1.165, 1.54) is 10.7 Å². The zero-order valence-corrected chi connectivity index (χ0v) is 9.24. The highest BCUT2D eigenvalue weighted by molar-refractivity contribution is 5.93. The van der Waals surface area contributed by atoms with E-state index in [-0.39, 0.29) is 16.6 Å². The highest BCUT2D eigenvalue weighted by atomic mass is 16.4. The van der Waals surface area contributed by atoms with E-state index in [1.54, 1.807) is 19.9 Å². The van der Waals surface area contributed by atoms with Crippen molar-refractivity contribution in [2.75, 3.05) is 0 Å². The van der Waals surface area contributed by atoms with Crippen molar-refractivity contribution in [1.29, 1.82) is 5.26 Å². The molecule has 86 valence electrons. The van der Waals surface area contributed by atoms with Crippen LogP contribution in [0.5, 0.6) is 0 Å². The third-order valence-electron chi connectivity index (χ3n) is 2.78. The summed E-state index contributed by atoms with van der Waals surface area (Å²) >= 11 is 0. The van der Waals surface area contributed by atoms with E-state index in [1.807, 2.05) is 0 Å². The molecule has 0 atom stereocenters. The van der Waals surface area contributed by atoms with Crippen LogP contribution in [0.15, 0.2) is 11.0 Å². The molecule has 17 heavy (non-hydrogen) atoms. The number of carboxylic acid groups (broad SMARTS) is 1. The van der Waals surface area contributed by atoms with Crippen LogP contribution in [0, 0.1) is 25.2 Å². The van der Waals surface area contributed by atoms with Gasteiger partial charge in [0, 0.05) is 6.20 Å². The van der Waals surface area contributed by atoms with Gasteiger partial charge in [-0.15, -0.1) is 0 Å². The molecule has 0 aliphatic carbocycles. The molecule has 0 aromatic carbocycles. The lowest BCUT2D eigenvalue weighted by Gasteiger charge is -1.98. The van der Waals surface area contributed by atoms with Gasteiger partial charge in [0.1, 0.15) is 17.1 Å². The molecule has 6 nitrogen and oxygen atoms in total. The predicted octanol–water partition coefficient (Wildman–Crippen LogP) is 0.814. The molecule has 6 heteroatoms. The Labute approximate surface area is 95.7 Å². The van der Waals surface area contributed by atoms with Crippen LogP contribution in [0.1, 0.15) is 27.2 Å². The maximum Gasteiger partial charge on any atom is 0.337 e. The number of H-pyrrole nitrogens is 1. The second-order valence-electron chi connectivity index (χ2n) is 3.70. The Kier molecular flexibility index (Phi) is 2.25. The number of rotatable bonds is 1. The summed E-state index contributed by atoms with van der Waals surface area (Å²) in [6.07, 6.45) is 1.27. The summed E-state index contributed by atoms with van der Waals surface area (Å²) in [4.78, 5) is 23.0. The molecule has 2 N–H and O–H groups in total. The van der Waals surface area contributed by atoms with Crippen LogP contribution in [0.2, 0.25) is 0 Å². The van der Waals surface area contributed by atoms with Gasteiger partial charge in [-0.25, -0.2) is 4.79 Å². The van der Waals surface area contributed by atoms with E-state index in [4.69, 9.17) is 10.4 Å². The molecule has 0 unspecified atom stereocenters. The fourth-order valence-corrected chi connectivity index (χ4v) is 1.99. The number of aromatic nitrogens is 2. The molecule has 0 fully saturated rings. The molecule has 0 aliphatic rings. The summed E-state index contributed by atoms with van der Waals surface area (Å²) in [5.74, 6) is -1.09. The Morgan fingerprint density at radius 1 is 1.53 bits per heavy atom. The fourth-order valence-electron chi connectivity index (χ4n) is 1.99. The zero-order valence-electron chi connectivity index (χ0n) is 9.24. The largest absolute Gasteiger partial charge is 0.478 e. The van der Waals surface area contributed by atoms with E-state index < -0.39 is 11.4 Å². The fraction of sp³-hybridized carbons (Fsp3) is 0.182. The van der Waals surface area contributed by atoms with Crippen LogP contribution in [-0.4, -0.2) is 20.7 Å². The van der Waals surface area contributed by atoms with Crippen LogP contribution in [0.25, 0.3) is 5.52 Å². The first-order valence-corrected chi connectivity index (χ1v) is 4.85. The van der Waals surface area contributed by atoms with Crippen LogP contribution in [-0.2, 0) is 0 Å². The lowest BCUT2D eigenvalue weighted by molar-refractivity contribution is 0.0695. The van der Waals surface area contributed by atoms with Gasteiger partial charge in [-0.3, -0.25) is 14.4 Å². The Morgan fingerprint density at radius 2 is 2.18 bits per heavy atom. The molecule has 0 spiro atoms. The van der Waals surface area contributed by atoms with E-state index >= 15 is 0 Å². The number of hydrogen-bond donors (Lipinski definition) is 2. The number of carboxylic acids is 1. The number of nitrogens with one attached hydrogen (secondary N) is 1. The summed E-state index contributed by atoms with van der Waals surface area (Å²) in [7, 11) is 0. The molecule has 2 aromatic heterocycles. The van der Waals surface area contributed by atoms with Gasteiger partial charge in [0.05, 0.1) is 11.3 Å². The average Bonchev–Trinajstić information content (AvgIpc) is 2.52. The van der Waals surface area contributed by atoms with Crippen molar-refractivity contribution in [2.24, 2.45) is 0 Å². The van der Waals surface area contributed by atoms with Crippen LogP contribution in [0.3, 0.4) is 0 Å². The second kappa shape index (κ2) is 3.49. The van der Waals surface area contributed by atoms with Crippen molar-refractivity contribution < 1.29 is 9.90 Å². The summed E-state index contributed by atoms with van der Waals surface area (Å²) in [6.45, 7) is 3.16. The maximum absolute atomic E-state index is 11.9. The number of aryl methyl sites for hydroxylation is 2. The molecular formula is C11H9N3O3. The van der Waals surface area contributed by atoms with E-state index in [0.29, 0.717) is 11.3 Å². The normalized spacial score (nSPS) is 10.4. The molecule has 2 heterocycles. The van der Waals surface area contributed by atoms with Gasteiger partial charge in [0.25, 0.3) is 0 Å². The van der Waals surface area contributed by atoms with Crippen LogP contribution in [0.4, 0.5) is 0 Å². The quantitative estimate of drug-likeness (QED) is 0.758. The van der Waals surface area contributed by atoms with Crippen LogP contribution >= 0.6 is 0 Å². The minimum absolute atomic E-state index is 0.0324. The predicted molar refractivity (Wildman–Crippen MR) is 59.2 cm³/mol. The molecule has 0 saturated heterocycles. The molecule has 2 rings (SSSR count). The van der Waals surface area contributed by atoms with E-state index in [0.717, 1.165) is 0 Å². The number of hydrogen-bond acceptors (Lipinski definition) is 3. The number of nitriles is 1. The summed E-state index contributed by atoms with van der Waals surface area (Å²) < 4.78 is 1.39. The first kappa shape index (κ1) is 11.0. The molecule has 0 aliphatic heterocycles. The van der Waals surface area contributed by atoms with Gasteiger partial charge in [-0.2, -0.15) is 5.26 Å². The Balaban J connectivity index is 3.05. The van der Waals surface area contributed by atoms with Crippen molar-refractivity contribution >= 4 is 11.5 Å². The van der Waals surface area contributed by atoms with Gasteiger partial charge < -0.3 is 5.11 Å². The lowest BCUT2D eigenvalue weighted by Crippen LogP contribution is -2.12. The zero-order chi connectivity index (χ0) is 12.7. The summed E-state index contributed by atoms with van der Waals surface area (Å²) in [5, 5.41) is 20.6. The Morgan fingerprint density at radius 3 is 2.71 bits per heavy atom. The molecule has 0 saturated carbocycles. The van der Waals surface area contributed by atoms with Crippen molar-refractivity contribution in [3.8, 4) is 6.07 Å². The minimum atomic E-state index is -1.09. The number of nitrogens with zero attached hydrogens (tertiary/aromatic N) is 2. The molecule has 2 aromatic rings. The minimum Gasteiger partial charge on any atom is -0.478 e. The van der Waals surface area contributed by atoms with Gasteiger partial charge in [0.2, 0.25) is 5.43 Å². The van der Waals surface area contributed by atoms with E-state index in [2.05, 4.69) is 5.10 Å². The second-order valence-corrected chi connectivity index (χ2v) is 3.70. The standard InChI is InChI=1S/C11H9N3O3/c1-5-8(11(16)17)6(2)14-9(5)10(15)7(3-12)4-13-14/h4,13H,1-2H3,(H,16,17). The van der Waals surface area contributed by atoms with Crippen molar-refractivity contribution in [2.45, 2.75) is 13.8 Å². The Bertz CT molecular complexity index is 731. The highest BCUT2D eigenvalue weighted by Gasteiger charge is 2.20. The van der Waals surface area contributed by atoms with Gasteiger partial charge in [-0.1, -0.05) is 0 Å². The van der Waals surface area contributed by atoms with E-state index in [9.17, 15) is 9.59 Å². The Hall–Kier alpha value is -2.55. The first-order chi connectivity index (χ1) is 7.99. The maximum atomic E-state index is 11.9. The van der Waals surface area contributed by atoms with Crippen LogP contribution < -0.4 is 5.43 Å². The number of fused-ring (bicyclic) bond motifs is 1. The van der Waals surface area contributed by atoms with Gasteiger partial charge in [0.15, 0.2) is 0 Å². The lowest BCUT2D eigenvalue weighted by atomic mass is 10.1. The molecule has 0 amide bonds. The molecule has 0 radical (unpaired) electrons.